The van der Waals surface area contributed by atoms with E-state index in [9.17, 15) is 9.59 Å². The summed E-state index contributed by atoms with van der Waals surface area (Å²) in [7, 11) is 0. The summed E-state index contributed by atoms with van der Waals surface area (Å²) in [5, 5.41) is 1.04. The molecule has 0 fully saturated rings. The number of rotatable bonds is 9. The second-order valence-electron chi connectivity index (χ2n) is 9.01. The van der Waals surface area contributed by atoms with Crippen LogP contribution in [-0.4, -0.2) is 28.3 Å². The van der Waals surface area contributed by atoms with Crippen LogP contribution in [0.4, 0.5) is 0 Å². The average Bonchev–Trinajstić information content (AvgIpc) is 3.44. The van der Waals surface area contributed by atoms with Crippen molar-refractivity contribution in [2.24, 2.45) is 4.99 Å². The molecule has 0 amide bonds. The number of para-hydroxylation sites is 1. The lowest BCUT2D eigenvalue weighted by atomic mass is 9.96. The van der Waals surface area contributed by atoms with Crippen molar-refractivity contribution in [2.45, 2.75) is 26.4 Å². The molecule has 0 aliphatic carbocycles. The van der Waals surface area contributed by atoms with Crippen molar-refractivity contribution in [1.82, 2.24) is 9.13 Å². The van der Waals surface area contributed by atoms with Crippen LogP contribution >= 0.6 is 11.3 Å². The smallest absolute Gasteiger partial charge is 0.338 e. The topological polar surface area (TPSA) is 74.8 Å². The molecule has 0 bridgehead atoms. The predicted octanol–water partition coefficient (Wildman–Crippen LogP) is 4.50. The number of carbonyl (C=O) groups excluding carboxylic acids is 1. The number of thiazole rings is 1. The fourth-order valence-corrected chi connectivity index (χ4v) is 5.87. The van der Waals surface area contributed by atoms with Crippen molar-refractivity contribution in [1.29, 1.82) is 0 Å². The van der Waals surface area contributed by atoms with Gasteiger partial charge in [0.05, 0.1) is 28.5 Å². The lowest BCUT2D eigenvalue weighted by Crippen LogP contribution is -2.39. The highest BCUT2D eigenvalue weighted by Crippen LogP contribution is 2.31. The lowest BCUT2D eigenvalue weighted by molar-refractivity contribution is -0.139. The van der Waals surface area contributed by atoms with Gasteiger partial charge in [0.25, 0.3) is 5.56 Å². The summed E-state index contributed by atoms with van der Waals surface area (Å²) in [6.45, 7) is 12.3. The summed E-state index contributed by atoms with van der Waals surface area (Å²) in [6.07, 6.45) is 7.45. The number of aromatic nitrogens is 2. The van der Waals surface area contributed by atoms with Crippen molar-refractivity contribution in [3.63, 3.8) is 0 Å². The summed E-state index contributed by atoms with van der Waals surface area (Å²) in [6, 6.07) is 14.8. The first-order valence-electron chi connectivity index (χ1n) is 12.7. The van der Waals surface area contributed by atoms with E-state index >= 15 is 0 Å². The van der Waals surface area contributed by atoms with Crippen LogP contribution in [0.25, 0.3) is 17.0 Å². The second kappa shape index (κ2) is 11.1. The standard InChI is InChI=1S/C31H29N3O4S/c1-5-16-33-19-22(24-10-8-9-11-25(24)33)18-26-29(35)34-28(21-12-14-23(15-13-21)38-17-6-2)27(30(36)37-7-3)20(4)32-31(34)39-26/h5-6,8-15,18-19,28H,1-2,7,16-17H2,3-4H3/t28-/m0/s1. The van der Waals surface area contributed by atoms with Gasteiger partial charge in [-0.15, -0.1) is 6.58 Å². The number of hydrogen-bond acceptors (Lipinski definition) is 6. The van der Waals surface area contributed by atoms with Crippen molar-refractivity contribution < 1.29 is 14.3 Å². The second-order valence-corrected chi connectivity index (χ2v) is 10.0. The summed E-state index contributed by atoms with van der Waals surface area (Å²) in [4.78, 5) is 32.3. The Bertz CT molecular complexity index is 1790. The largest absolute Gasteiger partial charge is 0.490 e. The van der Waals surface area contributed by atoms with Crippen LogP contribution in [0.1, 0.15) is 31.0 Å². The molecular formula is C31H29N3O4S. The Kier molecular flexibility index (Phi) is 7.47. The van der Waals surface area contributed by atoms with E-state index in [2.05, 4.69) is 28.8 Å². The van der Waals surface area contributed by atoms with E-state index in [1.807, 2.05) is 60.8 Å². The molecule has 0 saturated heterocycles. The van der Waals surface area contributed by atoms with E-state index in [1.165, 1.54) is 11.3 Å². The maximum atomic E-state index is 14.0. The zero-order valence-electron chi connectivity index (χ0n) is 21.9. The summed E-state index contributed by atoms with van der Waals surface area (Å²) in [5.74, 6) is 0.179. The van der Waals surface area contributed by atoms with E-state index in [1.54, 1.807) is 24.5 Å². The number of carbonyl (C=O) groups is 1. The monoisotopic (exact) mass is 539 g/mol. The van der Waals surface area contributed by atoms with E-state index in [-0.39, 0.29) is 12.2 Å². The molecule has 0 N–H and O–H groups in total. The molecule has 2 aromatic heterocycles. The van der Waals surface area contributed by atoms with Gasteiger partial charge in [-0.3, -0.25) is 9.36 Å². The molecule has 5 rings (SSSR count). The van der Waals surface area contributed by atoms with E-state index in [4.69, 9.17) is 9.47 Å². The van der Waals surface area contributed by atoms with Gasteiger partial charge in [0.1, 0.15) is 12.4 Å². The van der Waals surface area contributed by atoms with Gasteiger partial charge in [0.2, 0.25) is 0 Å². The van der Waals surface area contributed by atoms with Gasteiger partial charge in [-0.25, -0.2) is 9.79 Å². The first-order valence-corrected chi connectivity index (χ1v) is 13.5. The fraction of sp³-hybridized carbons (Fsp3) is 0.194. The van der Waals surface area contributed by atoms with Gasteiger partial charge < -0.3 is 14.0 Å². The summed E-state index contributed by atoms with van der Waals surface area (Å²) >= 11 is 1.31. The Morgan fingerprint density at radius 1 is 1.13 bits per heavy atom. The molecule has 198 valence electrons. The Morgan fingerprint density at radius 3 is 2.62 bits per heavy atom. The fourth-order valence-electron chi connectivity index (χ4n) is 4.83. The molecule has 2 aromatic carbocycles. The van der Waals surface area contributed by atoms with Crippen molar-refractivity contribution in [2.75, 3.05) is 13.2 Å². The molecule has 1 aliphatic rings. The zero-order valence-corrected chi connectivity index (χ0v) is 22.7. The number of esters is 1. The molecule has 1 aliphatic heterocycles. The van der Waals surface area contributed by atoms with Gasteiger partial charge >= 0.3 is 5.97 Å². The highest BCUT2D eigenvalue weighted by atomic mass is 32.1. The predicted molar refractivity (Wildman–Crippen MR) is 155 cm³/mol. The summed E-state index contributed by atoms with van der Waals surface area (Å²) in [5.41, 5.74) is 3.41. The first kappa shape index (κ1) is 26.2. The van der Waals surface area contributed by atoms with Crippen LogP contribution in [0.3, 0.4) is 0 Å². The van der Waals surface area contributed by atoms with Crippen LogP contribution < -0.4 is 19.6 Å². The summed E-state index contributed by atoms with van der Waals surface area (Å²) < 4.78 is 15.2. The number of allylic oxidation sites excluding steroid dienone is 2. The van der Waals surface area contributed by atoms with Crippen LogP contribution in [0.15, 0.2) is 101 Å². The Morgan fingerprint density at radius 2 is 1.90 bits per heavy atom. The van der Waals surface area contributed by atoms with Gasteiger partial charge in [0, 0.05) is 29.2 Å². The molecule has 7 nitrogen and oxygen atoms in total. The molecule has 39 heavy (non-hydrogen) atoms. The Labute approximate surface area is 230 Å². The van der Waals surface area contributed by atoms with Gasteiger partial charge in [-0.05, 0) is 43.7 Å². The Hall–Kier alpha value is -4.43. The third-order valence-corrected chi connectivity index (χ3v) is 7.50. The van der Waals surface area contributed by atoms with E-state index in [0.717, 1.165) is 22.0 Å². The third-order valence-electron chi connectivity index (χ3n) is 6.51. The molecule has 0 saturated carbocycles. The molecule has 1 atom stereocenters. The molecule has 4 aromatic rings. The number of fused-ring (bicyclic) bond motifs is 2. The maximum Gasteiger partial charge on any atom is 0.338 e. The normalized spacial score (nSPS) is 15.1. The minimum atomic E-state index is -0.682. The third kappa shape index (κ3) is 4.91. The van der Waals surface area contributed by atoms with Gasteiger partial charge in [0.15, 0.2) is 4.80 Å². The zero-order chi connectivity index (χ0) is 27.5. The highest BCUT2D eigenvalue weighted by Gasteiger charge is 2.33. The van der Waals surface area contributed by atoms with Crippen LogP contribution in [0.2, 0.25) is 0 Å². The minimum Gasteiger partial charge on any atom is -0.490 e. The minimum absolute atomic E-state index is 0.217. The molecular weight excluding hydrogens is 510 g/mol. The molecule has 0 unspecified atom stereocenters. The average molecular weight is 540 g/mol. The van der Waals surface area contributed by atoms with Crippen molar-refractivity contribution in [3.05, 3.63) is 122 Å². The molecule has 8 heteroatoms. The van der Waals surface area contributed by atoms with Gasteiger partial charge in [-0.2, -0.15) is 0 Å². The van der Waals surface area contributed by atoms with E-state index in [0.29, 0.717) is 39.5 Å². The Balaban J connectivity index is 1.69. The van der Waals surface area contributed by atoms with E-state index < -0.39 is 12.0 Å². The number of benzene rings is 2. The van der Waals surface area contributed by atoms with Gasteiger partial charge in [-0.1, -0.05) is 60.4 Å². The van der Waals surface area contributed by atoms with Crippen LogP contribution in [0, 0.1) is 0 Å². The van der Waals surface area contributed by atoms with Crippen molar-refractivity contribution >= 4 is 34.3 Å². The van der Waals surface area contributed by atoms with Crippen LogP contribution in [0.5, 0.6) is 5.75 Å². The first-order chi connectivity index (χ1) is 19.0. The lowest BCUT2D eigenvalue weighted by Gasteiger charge is -2.24. The molecule has 3 heterocycles. The maximum absolute atomic E-state index is 14.0. The van der Waals surface area contributed by atoms with Crippen LogP contribution in [-0.2, 0) is 16.1 Å². The number of nitrogens with zero attached hydrogens (tertiary/aromatic N) is 3. The number of ether oxygens (including phenoxy) is 2. The molecule has 0 spiro atoms. The number of hydrogen-bond donors (Lipinski definition) is 0. The highest BCUT2D eigenvalue weighted by molar-refractivity contribution is 7.07. The molecule has 0 radical (unpaired) electrons. The van der Waals surface area contributed by atoms with Crippen molar-refractivity contribution in [3.8, 4) is 5.75 Å². The SMILES string of the molecule is C=CCOc1ccc([C@H]2C(C(=O)OCC)=C(C)N=c3sc(=Cc4cn(CC=C)c5ccccc45)c(=O)n32)cc1. The quantitative estimate of drug-likeness (QED) is 0.232.